The van der Waals surface area contributed by atoms with Crippen molar-refractivity contribution in [2.75, 3.05) is 0 Å². The number of aryl methyl sites for hydroxylation is 2. The van der Waals surface area contributed by atoms with E-state index in [0.29, 0.717) is 11.9 Å². The second-order valence-corrected chi connectivity index (χ2v) is 12.1. The van der Waals surface area contributed by atoms with Crippen LogP contribution in [0.5, 0.6) is 0 Å². The average molecular weight is 453 g/mol. The van der Waals surface area contributed by atoms with Crippen molar-refractivity contribution in [3.63, 3.8) is 0 Å². The standard InChI is InChI=1S/C25H32N4O2S/c1-4-22-27-28(24(31)20-9-21-19(29(20)22)5-14(2)32-21)13-23(30)26-15(3)25-10-16-6-17(11-25)8-18(7-16)12-25/h5,9,15-18H,4,6-8,10-13H2,1-3H3,(H,26,30)/t15-,16?,17?,18?,25?/m0/s1. The smallest absolute Gasteiger partial charge is 0.291 e. The van der Waals surface area contributed by atoms with Gasteiger partial charge in [0.1, 0.15) is 17.9 Å². The highest BCUT2D eigenvalue weighted by atomic mass is 32.1. The Morgan fingerprint density at radius 3 is 2.47 bits per heavy atom. The van der Waals surface area contributed by atoms with Crippen LogP contribution in [-0.2, 0) is 17.8 Å². The molecule has 4 aliphatic rings. The summed E-state index contributed by atoms with van der Waals surface area (Å²) < 4.78 is 4.42. The zero-order valence-corrected chi connectivity index (χ0v) is 20.0. The van der Waals surface area contributed by atoms with Crippen molar-refractivity contribution in [2.45, 2.75) is 78.3 Å². The number of carbonyl (C=O) groups excluding carboxylic acids is 1. The summed E-state index contributed by atoms with van der Waals surface area (Å²) >= 11 is 1.69. The van der Waals surface area contributed by atoms with Gasteiger partial charge in [0.2, 0.25) is 5.91 Å². The van der Waals surface area contributed by atoms with Crippen LogP contribution in [0.25, 0.3) is 15.7 Å². The summed E-state index contributed by atoms with van der Waals surface area (Å²) in [7, 11) is 0. The van der Waals surface area contributed by atoms with E-state index in [9.17, 15) is 9.59 Å². The molecule has 170 valence electrons. The van der Waals surface area contributed by atoms with Crippen LogP contribution in [0.15, 0.2) is 16.9 Å². The molecule has 4 saturated carbocycles. The van der Waals surface area contributed by atoms with Crippen LogP contribution in [0.3, 0.4) is 0 Å². The lowest BCUT2D eigenvalue weighted by molar-refractivity contribution is -0.126. The van der Waals surface area contributed by atoms with Crippen LogP contribution in [0, 0.1) is 30.1 Å². The molecule has 3 aromatic rings. The average Bonchev–Trinajstić information content (AvgIpc) is 3.25. The maximum Gasteiger partial charge on any atom is 0.291 e. The van der Waals surface area contributed by atoms with E-state index in [1.165, 1.54) is 48.1 Å². The first-order valence-electron chi connectivity index (χ1n) is 12.2. The number of fused-ring (bicyclic) bond motifs is 3. The Hall–Kier alpha value is -2.15. The number of carbonyl (C=O) groups is 1. The SMILES string of the molecule is CCc1nn(CC(=O)N[C@@H](C)C23CC4CC(CC(C4)C2)C3)c(=O)c2cc3sc(C)cc3n12. The van der Waals surface area contributed by atoms with Crippen molar-refractivity contribution in [2.24, 2.45) is 23.2 Å². The van der Waals surface area contributed by atoms with Crippen molar-refractivity contribution >= 4 is 33.0 Å². The number of rotatable bonds is 5. The molecule has 4 fully saturated rings. The Kier molecular flexibility index (Phi) is 4.59. The first-order chi connectivity index (χ1) is 15.3. The summed E-state index contributed by atoms with van der Waals surface area (Å²) in [5.41, 5.74) is 1.71. The summed E-state index contributed by atoms with van der Waals surface area (Å²) in [4.78, 5) is 27.5. The van der Waals surface area contributed by atoms with Crippen LogP contribution in [0.1, 0.15) is 63.1 Å². The van der Waals surface area contributed by atoms with Gasteiger partial charge >= 0.3 is 0 Å². The predicted molar refractivity (Wildman–Crippen MR) is 127 cm³/mol. The van der Waals surface area contributed by atoms with Gasteiger partial charge in [0, 0.05) is 17.3 Å². The highest BCUT2D eigenvalue weighted by Gasteiger charge is 2.53. The largest absolute Gasteiger partial charge is 0.351 e. The van der Waals surface area contributed by atoms with Gasteiger partial charge in [0.05, 0.1) is 10.2 Å². The second kappa shape index (κ2) is 7.17. The maximum absolute atomic E-state index is 13.2. The van der Waals surface area contributed by atoms with Gasteiger partial charge in [-0.15, -0.1) is 11.3 Å². The van der Waals surface area contributed by atoms with Gasteiger partial charge in [-0.05, 0) is 87.7 Å². The molecule has 1 amide bonds. The number of nitrogens with one attached hydrogen (secondary N) is 1. The van der Waals surface area contributed by atoms with Crippen LogP contribution in [-0.4, -0.2) is 26.1 Å². The van der Waals surface area contributed by atoms with E-state index in [1.54, 1.807) is 11.3 Å². The Bertz CT molecular complexity index is 1250. The fraction of sp³-hybridized carbons (Fsp3) is 0.640. The number of amides is 1. The van der Waals surface area contributed by atoms with Crippen LogP contribution >= 0.6 is 11.3 Å². The van der Waals surface area contributed by atoms with Gasteiger partial charge < -0.3 is 5.32 Å². The highest BCUT2D eigenvalue weighted by Crippen LogP contribution is 2.61. The zero-order valence-electron chi connectivity index (χ0n) is 19.2. The third-order valence-corrected chi connectivity index (χ3v) is 9.54. The summed E-state index contributed by atoms with van der Waals surface area (Å²) in [6.45, 7) is 6.28. The maximum atomic E-state index is 13.2. The van der Waals surface area contributed by atoms with Crippen LogP contribution < -0.4 is 10.9 Å². The molecule has 4 aliphatic carbocycles. The topological polar surface area (TPSA) is 68.4 Å². The molecule has 32 heavy (non-hydrogen) atoms. The van der Waals surface area contributed by atoms with Gasteiger partial charge in [0.15, 0.2) is 0 Å². The van der Waals surface area contributed by atoms with E-state index in [-0.39, 0.29) is 29.5 Å². The minimum atomic E-state index is -0.194. The lowest BCUT2D eigenvalue weighted by Crippen LogP contribution is -2.56. The molecule has 3 heterocycles. The molecule has 1 atom stereocenters. The summed E-state index contributed by atoms with van der Waals surface area (Å²) in [5.74, 6) is 3.27. The zero-order chi connectivity index (χ0) is 22.2. The Morgan fingerprint density at radius 2 is 1.84 bits per heavy atom. The lowest BCUT2D eigenvalue weighted by Gasteiger charge is -2.59. The number of hydrogen-bond donors (Lipinski definition) is 1. The quantitative estimate of drug-likeness (QED) is 0.627. The monoisotopic (exact) mass is 452 g/mol. The highest BCUT2D eigenvalue weighted by molar-refractivity contribution is 7.19. The molecule has 1 N–H and O–H groups in total. The molecule has 0 spiro atoms. The van der Waals surface area contributed by atoms with E-state index >= 15 is 0 Å². The Morgan fingerprint density at radius 1 is 1.19 bits per heavy atom. The Labute approximate surface area is 192 Å². The molecule has 0 aromatic carbocycles. The van der Waals surface area contributed by atoms with Gasteiger partial charge in [-0.2, -0.15) is 5.10 Å². The van der Waals surface area contributed by atoms with E-state index in [1.807, 2.05) is 17.4 Å². The summed E-state index contributed by atoms with van der Waals surface area (Å²) in [5, 5.41) is 7.88. The Balaban J connectivity index is 1.26. The second-order valence-electron chi connectivity index (χ2n) is 10.8. The summed E-state index contributed by atoms with van der Waals surface area (Å²) in [6, 6.07) is 4.20. The molecule has 7 heteroatoms. The molecule has 6 nitrogen and oxygen atoms in total. The van der Waals surface area contributed by atoms with Crippen molar-refractivity contribution in [3.8, 4) is 0 Å². The molecular weight excluding hydrogens is 420 g/mol. The number of nitrogens with zero attached hydrogens (tertiary/aromatic N) is 3. The molecule has 0 radical (unpaired) electrons. The first-order valence-corrected chi connectivity index (χ1v) is 13.0. The van der Waals surface area contributed by atoms with Gasteiger partial charge in [-0.3, -0.25) is 14.0 Å². The van der Waals surface area contributed by atoms with E-state index in [0.717, 1.165) is 33.8 Å². The minimum absolute atomic E-state index is 0.0170. The fourth-order valence-corrected chi connectivity index (χ4v) is 8.48. The van der Waals surface area contributed by atoms with Crippen LogP contribution in [0.2, 0.25) is 0 Å². The molecule has 3 aromatic heterocycles. The number of thiophene rings is 1. The molecule has 4 bridgehead atoms. The van der Waals surface area contributed by atoms with E-state index in [4.69, 9.17) is 0 Å². The van der Waals surface area contributed by atoms with Crippen molar-refractivity contribution in [1.82, 2.24) is 19.5 Å². The normalized spacial score (nSPS) is 29.8. The predicted octanol–water partition coefficient (Wildman–Crippen LogP) is 4.30. The molecule has 0 aliphatic heterocycles. The fourth-order valence-electron chi connectivity index (χ4n) is 7.53. The van der Waals surface area contributed by atoms with Crippen molar-refractivity contribution in [3.05, 3.63) is 33.2 Å². The summed E-state index contributed by atoms with van der Waals surface area (Å²) in [6.07, 6.45) is 8.65. The molecule has 7 rings (SSSR count). The molecular formula is C25H32N4O2S. The van der Waals surface area contributed by atoms with Crippen molar-refractivity contribution in [1.29, 1.82) is 0 Å². The minimum Gasteiger partial charge on any atom is -0.351 e. The lowest BCUT2D eigenvalue weighted by atomic mass is 9.48. The van der Waals surface area contributed by atoms with Gasteiger partial charge in [-0.1, -0.05) is 6.92 Å². The number of hydrogen-bond acceptors (Lipinski definition) is 4. The van der Waals surface area contributed by atoms with Gasteiger partial charge in [0.25, 0.3) is 5.56 Å². The first kappa shape index (κ1) is 20.5. The third kappa shape index (κ3) is 3.07. The van der Waals surface area contributed by atoms with E-state index in [2.05, 4.69) is 30.3 Å². The number of aromatic nitrogens is 3. The third-order valence-electron chi connectivity index (χ3n) is 8.55. The molecule has 0 saturated heterocycles. The molecule has 0 unspecified atom stereocenters. The van der Waals surface area contributed by atoms with Crippen molar-refractivity contribution < 1.29 is 4.79 Å². The van der Waals surface area contributed by atoms with Gasteiger partial charge in [-0.25, -0.2) is 4.68 Å². The van der Waals surface area contributed by atoms with Crippen LogP contribution in [0.4, 0.5) is 0 Å². The van der Waals surface area contributed by atoms with E-state index < -0.39 is 0 Å².